The number of rotatable bonds is 6. The van der Waals surface area contributed by atoms with Gasteiger partial charge >= 0.3 is 0 Å². The van der Waals surface area contributed by atoms with Crippen molar-refractivity contribution in [1.29, 1.82) is 0 Å². The number of para-hydroxylation sites is 1. The van der Waals surface area contributed by atoms with E-state index in [2.05, 4.69) is 4.72 Å². The molecule has 0 atom stereocenters. The first kappa shape index (κ1) is 25.5. The van der Waals surface area contributed by atoms with Gasteiger partial charge in [-0.05, 0) is 49.4 Å². The normalized spacial score (nSPS) is 17.1. The molecule has 2 aliphatic heterocycles. The molecule has 0 radical (unpaired) electrons. The molecule has 0 aromatic heterocycles. The van der Waals surface area contributed by atoms with Crippen LogP contribution in [0.3, 0.4) is 0 Å². The Morgan fingerprint density at radius 3 is 2.17 bits per heavy atom. The van der Waals surface area contributed by atoms with Crippen LogP contribution < -0.4 is 4.72 Å². The number of hydrogen-bond acceptors (Lipinski definition) is 6. The van der Waals surface area contributed by atoms with Crippen molar-refractivity contribution in [2.75, 3.05) is 50.4 Å². The maximum atomic E-state index is 13.4. The Labute approximate surface area is 211 Å². The highest BCUT2D eigenvalue weighted by Gasteiger charge is 2.26. The molecule has 2 aromatic carbocycles. The molecule has 1 N–H and O–H groups in total. The van der Waals surface area contributed by atoms with Crippen LogP contribution in [0, 0.1) is 0 Å². The number of anilines is 1. The lowest BCUT2D eigenvalue weighted by Gasteiger charge is -2.27. The minimum atomic E-state index is -4.04. The zero-order chi connectivity index (χ0) is 24.8. The van der Waals surface area contributed by atoms with Crippen molar-refractivity contribution in [3.63, 3.8) is 0 Å². The molecule has 2 amide bonds. The minimum absolute atomic E-state index is 0.0241. The fourth-order valence-electron chi connectivity index (χ4n) is 4.36. The highest BCUT2D eigenvalue weighted by molar-refractivity contribution is 7.98. The number of carbonyl (C=O) groups is 2. The molecule has 0 aliphatic carbocycles. The highest BCUT2D eigenvalue weighted by Crippen LogP contribution is 2.28. The van der Waals surface area contributed by atoms with Gasteiger partial charge in [-0.1, -0.05) is 25.0 Å². The van der Waals surface area contributed by atoms with E-state index in [1.807, 2.05) is 6.26 Å². The summed E-state index contributed by atoms with van der Waals surface area (Å²) in [5, 5.41) is 0. The standard InChI is InChI=1S/C25H31N3O5S2/c1-34-23-11-10-19(18-21(23)25(30)28-14-16-33-17-15-28)35(31,32)26-22-9-5-4-8-20(22)24(29)27-12-6-2-3-7-13-27/h4-5,8-11,18,26H,2-3,6-7,12-17H2,1H3. The van der Waals surface area contributed by atoms with E-state index in [1.165, 1.54) is 23.9 Å². The largest absolute Gasteiger partial charge is 0.378 e. The van der Waals surface area contributed by atoms with E-state index < -0.39 is 10.0 Å². The van der Waals surface area contributed by atoms with Crippen LogP contribution in [0.5, 0.6) is 0 Å². The monoisotopic (exact) mass is 517 g/mol. The summed E-state index contributed by atoms with van der Waals surface area (Å²) < 4.78 is 34.7. The summed E-state index contributed by atoms with van der Waals surface area (Å²) in [6.07, 6.45) is 5.93. The Morgan fingerprint density at radius 1 is 0.857 bits per heavy atom. The van der Waals surface area contributed by atoms with Crippen LogP contribution >= 0.6 is 11.8 Å². The first-order valence-electron chi connectivity index (χ1n) is 11.9. The van der Waals surface area contributed by atoms with Crippen LogP contribution in [0.15, 0.2) is 52.3 Å². The number of nitrogens with zero attached hydrogens (tertiary/aromatic N) is 2. The van der Waals surface area contributed by atoms with Gasteiger partial charge in [-0.25, -0.2) is 8.42 Å². The second-order valence-corrected chi connectivity index (χ2v) is 11.2. The molecule has 2 heterocycles. The highest BCUT2D eigenvalue weighted by atomic mass is 32.2. The van der Waals surface area contributed by atoms with E-state index in [0.29, 0.717) is 55.4 Å². The third kappa shape index (κ3) is 5.99. The number of thioether (sulfide) groups is 1. The topological polar surface area (TPSA) is 96.0 Å². The molecular formula is C25H31N3O5S2. The van der Waals surface area contributed by atoms with Gasteiger partial charge in [-0.2, -0.15) is 0 Å². The zero-order valence-corrected chi connectivity index (χ0v) is 21.5. The van der Waals surface area contributed by atoms with Crippen molar-refractivity contribution in [3.05, 3.63) is 53.6 Å². The lowest BCUT2D eigenvalue weighted by atomic mass is 10.1. The number of carbonyl (C=O) groups excluding carboxylic acids is 2. The van der Waals surface area contributed by atoms with Gasteiger partial charge in [-0.3, -0.25) is 14.3 Å². The van der Waals surface area contributed by atoms with Crippen LogP contribution in [0.4, 0.5) is 5.69 Å². The minimum Gasteiger partial charge on any atom is -0.378 e. The number of amides is 2. The summed E-state index contributed by atoms with van der Waals surface area (Å²) in [7, 11) is -4.04. The van der Waals surface area contributed by atoms with Crippen molar-refractivity contribution in [1.82, 2.24) is 9.80 Å². The van der Waals surface area contributed by atoms with Gasteiger partial charge in [0.25, 0.3) is 21.8 Å². The summed E-state index contributed by atoms with van der Waals surface area (Å²) in [4.78, 5) is 30.5. The Morgan fingerprint density at radius 2 is 1.49 bits per heavy atom. The predicted molar refractivity (Wildman–Crippen MR) is 137 cm³/mol. The SMILES string of the molecule is CSc1ccc(S(=O)(=O)Nc2ccccc2C(=O)N2CCCCCC2)cc1C(=O)N1CCOCC1. The van der Waals surface area contributed by atoms with Gasteiger partial charge in [0.1, 0.15) is 0 Å². The Balaban J connectivity index is 1.61. The van der Waals surface area contributed by atoms with E-state index in [1.54, 1.807) is 40.1 Å². The summed E-state index contributed by atoms with van der Waals surface area (Å²) >= 11 is 1.39. The second kappa shape index (κ2) is 11.5. The molecule has 0 saturated carbocycles. The predicted octanol–water partition coefficient (Wildman–Crippen LogP) is 3.70. The molecule has 2 aliphatic rings. The van der Waals surface area contributed by atoms with Crippen LogP contribution in [-0.4, -0.2) is 75.7 Å². The number of hydrogen-bond donors (Lipinski definition) is 1. The molecule has 10 heteroatoms. The molecule has 2 aromatic rings. The average molecular weight is 518 g/mol. The fraction of sp³-hybridized carbons (Fsp3) is 0.440. The number of benzene rings is 2. The van der Waals surface area contributed by atoms with E-state index in [9.17, 15) is 18.0 Å². The van der Waals surface area contributed by atoms with E-state index in [4.69, 9.17) is 4.74 Å². The van der Waals surface area contributed by atoms with Crippen LogP contribution in [0.1, 0.15) is 46.4 Å². The van der Waals surface area contributed by atoms with Crippen LogP contribution in [0.2, 0.25) is 0 Å². The molecule has 4 rings (SSSR count). The lowest BCUT2D eigenvalue weighted by molar-refractivity contribution is 0.0300. The Bertz CT molecular complexity index is 1170. The molecule has 8 nitrogen and oxygen atoms in total. The van der Waals surface area contributed by atoms with Gasteiger partial charge in [0.05, 0.1) is 34.9 Å². The Kier molecular flexibility index (Phi) is 8.35. The van der Waals surface area contributed by atoms with Crippen LogP contribution in [-0.2, 0) is 14.8 Å². The second-order valence-electron chi connectivity index (χ2n) is 8.62. The number of likely N-dealkylation sites (tertiary alicyclic amines) is 1. The smallest absolute Gasteiger partial charge is 0.261 e. The summed E-state index contributed by atoms with van der Waals surface area (Å²) in [5.41, 5.74) is 0.899. The third-order valence-electron chi connectivity index (χ3n) is 6.31. The third-order valence-corrected chi connectivity index (χ3v) is 8.46. The molecule has 2 saturated heterocycles. The van der Waals surface area contributed by atoms with Gasteiger partial charge in [-0.15, -0.1) is 11.8 Å². The first-order chi connectivity index (χ1) is 16.9. The lowest BCUT2D eigenvalue weighted by Crippen LogP contribution is -2.41. The zero-order valence-electron chi connectivity index (χ0n) is 19.9. The quantitative estimate of drug-likeness (QED) is 0.587. The van der Waals surface area contributed by atoms with Crippen molar-refractivity contribution in [2.24, 2.45) is 0 Å². The molecule has 188 valence electrons. The van der Waals surface area contributed by atoms with Crippen LogP contribution in [0.25, 0.3) is 0 Å². The maximum Gasteiger partial charge on any atom is 0.261 e. The van der Waals surface area contributed by atoms with E-state index in [-0.39, 0.29) is 22.4 Å². The number of ether oxygens (including phenoxy) is 1. The molecule has 0 spiro atoms. The van der Waals surface area contributed by atoms with Gasteiger partial charge in [0.2, 0.25) is 0 Å². The van der Waals surface area contributed by atoms with Crippen molar-refractivity contribution in [2.45, 2.75) is 35.5 Å². The van der Waals surface area contributed by atoms with Crippen molar-refractivity contribution in [3.8, 4) is 0 Å². The van der Waals surface area contributed by atoms with Gasteiger partial charge < -0.3 is 14.5 Å². The number of morpholine rings is 1. The van der Waals surface area contributed by atoms with Crippen molar-refractivity contribution < 1.29 is 22.7 Å². The maximum absolute atomic E-state index is 13.4. The molecular weight excluding hydrogens is 486 g/mol. The molecule has 0 bridgehead atoms. The molecule has 2 fully saturated rings. The molecule has 35 heavy (non-hydrogen) atoms. The summed E-state index contributed by atoms with van der Waals surface area (Å²) in [6.45, 7) is 3.19. The Hall–Kier alpha value is -2.56. The number of sulfonamides is 1. The first-order valence-corrected chi connectivity index (χ1v) is 14.6. The summed E-state index contributed by atoms with van der Waals surface area (Å²) in [5.74, 6) is -0.391. The van der Waals surface area contributed by atoms with E-state index in [0.717, 1.165) is 25.7 Å². The van der Waals surface area contributed by atoms with Gasteiger partial charge in [0, 0.05) is 31.1 Å². The fourth-order valence-corrected chi connectivity index (χ4v) is 6.04. The van der Waals surface area contributed by atoms with Gasteiger partial charge in [0.15, 0.2) is 0 Å². The number of nitrogens with one attached hydrogen (secondary N) is 1. The summed E-state index contributed by atoms with van der Waals surface area (Å²) in [6, 6.07) is 11.2. The average Bonchev–Trinajstić information content (AvgIpc) is 3.18. The van der Waals surface area contributed by atoms with Crippen molar-refractivity contribution >= 4 is 39.3 Å². The molecule has 0 unspecified atom stereocenters. The van der Waals surface area contributed by atoms with E-state index >= 15 is 0 Å².